The minimum atomic E-state index is -1.60. The van der Waals surface area contributed by atoms with E-state index in [0.717, 1.165) is 41.3 Å². The second kappa shape index (κ2) is 11.8. The number of rotatable bonds is 6. The molecule has 2 aromatic carbocycles. The molecular formula is C34H43F3N4O4. The number of fused-ring (bicyclic) bond motifs is 3. The van der Waals surface area contributed by atoms with E-state index in [1.165, 1.54) is 30.9 Å². The van der Waals surface area contributed by atoms with Crippen LogP contribution < -0.4 is 4.74 Å². The Bertz CT molecular complexity index is 1540. The van der Waals surface area contributed by atoms with Gasteiger partial charge in [-0.1, -0.05) is 6.07 Å². The summed E-state index contributed by atoms with van der Waals surface area (Å²) in [7, 11) is 0. The maximum atomic E-state index is 16.1. The number of ether oxygens (including phenoxy) is 3. The topological polar surface area (TPSA) is 69.1 Å². The lowest BCUT2D eigenvalue weighted by atomic mass is 9.82. The molecule has 1 amide bonds. The van der Waals surface area contributed by atoms with Crippen molar-refractivity contribution < 1.29 is 32.2 Å². The zero-order chi connectivity index (χ0) is 32.3. The van der Waals surface area contributed by atoms with E-state index in [-0.39, 0.29) is 43.2 Å². The van der Waals surface area contributed by atoms with Crippen molar-refractivity contribution in [3.63, 3.8) is 0 Å². The molecule has 0 bridgehead atoms. The Kier molecular flexibility index (Phi) is 8.31. The normalized spacial score (nSPS) is 23.1. The minimum absolute atomic E-state index is 0.00874. The van der Waals surface area contributed by atoms with Gasteiger partial charge in [-0.15, -0.1) is 0 Å². The van der Waals surface area contributed by atoms with Crippen LogP contribution in [0.1, 0.15) is 89.8 Å². The van der Waals surface area contributed by atoms with E-state index in [2.05, 4.69) is 5.10 Å². The van der Waals surface area contributed by atoms with Gasteiger partial charge in [0, 0.05) is 42.3 Å². The Morgan fingerprint density at radius 1 is 1.09 bits per heavy atom. The lowest BCUT2D eigenvalue weighted by molar-refractivity contribution is -0.0366. The SMILES string of the molecule is C[C@@H]1Cc2c(ccc3c2cnn3C2CCCCO2)[C@@H](c2c(F)cc(OC3CN(C(=O)OC(C)(C)C)C3)cc2F)N1CC(C)(C)F. The lowest BCUT2D eigenvalue weighted by Crippen LogP contribution is -2.57. The number of aromatic nitrogens is 2. The number of carbonyl (C=O) groups excluding carboxylic acids is 1. The zero-order valence-electron chi connectivity index (χ0n) is 26.9. The first-order chi connectivity index (χ1) is 21.2. The molecule has 1 unspecified atom stereocenters. The van der Waals surface area contributed by atoms with Crippen LogP contribution in [0.2, 0.25) is 0 Å². The fourth-order valence-electron chi connectivity index (χ4n) is 6.74. The van der Waals surface area contributed by atoms with Crippen LogP contribution in [0, 0.1) is 11.6 Å². The fourth-order valence-corrected chi connectivity index (χ4v) is 6.74. The molecule has 3 aromatic rings. The first kappa shape index (κ1) is 31.7. The number of nitrogens with zero attached hydrogens (tertiary/aromatic N) is 4. The summed E-state index contributed by atoms with van der Waals surface area (Å²) >= 11 is 0. The van der Waals surface area contributed by atoms with Crippen LogP contribution in [0.4, 0.5) is 18.0 Å². The van der Waals surface area contributed by atoms with Gasteiger partial charge in [0.05, 0.1) is 30.8 Å². The number of carbonyl (C=O) groups is 1. The number of likely N-dealkylation sites (tertiary alicyclic amines) is 1. The molecule has 4 heterocycles. The Morgan fingerprint density at radius 2 is 1.80 bits per heavy atom. The van der Waals surface area contributed by atoms with E-state index in [0.29, 0.717) is 13.0 Å². The van der Waals surface area contributed by atoms with Crippen LogP contribution in [0.15, 0.2) is 30.5 Å². The molecule has 2 fully saturated rings. The number of halogens is 3. The summed E-state index contributed by atoms with van der Waals surface area (Å²) in [5, 5.41) is 5.59. The molecule has 6 rings (SSSR count). The maximum absolute atomic E-state index is 16.1. The molecule has 1 aromatic heterocycles. The summed E-state index contributed by atoms with van der Waals surface area (Å²) in [5.41, 5.74) is 0.227. The van der Waals surface area contributed by atoms with E-state index >= 15 is 13.2 Å². The summed E-state index contributed by atoms with van der Waals surface area (Å²) in [4.78, 5) is 15.6. The van der Waals surface area contributed by atoms with Gasteiger partial charge in [-0.05, 0) is 84.4 Å². The fraction of sp³-hybridized carbons (Fsp3) is 0.588. The minimum Gasteiger partial charge on any atom is -0.487 e. The first-order valence-electron chi connectivity index (χ1n) is 15.9. The van der Waals surface area contributed by atoms with E-state index in [1.54, 1.807) is 20.8 Å². The molecule has 0 aliphatic carbocycles. The number of hydrogen-bond donors (Lipinski definition) is 0. The quantitative estimate of drug-likeness (QED) is 0.290. The number of alkyl halides is 1. The first-order valence-corrected chi connectivity index (χ1v) is 15.9. The van der Waals surface area contributed by atoms with Gasteiger partial charge in [0.25, 0.3) is 0 Å². The summed E-state index contributed by atoms with van der Waals surface area (Å²) < 4.78 is 66.5. The third kappa shape index (κ3) is 6.52. The van der Waals surface area contributed by atoms with Crippen LogP contribution in [0.3, 0.4) is 0 Å². The highest BCUT2D eigenvalue weighted by atomic mass is 19.1. The molecule has 3 atom stereocenters. The maximum Gasteiger partial charge on any atom is 0.410 e. The molecule has 8 nitrogen and oxygen atoms in total. The molecule has 0 radical (unpaired) electrons. The molecule has 3 aliphatic heterocycles. The van der Waals surface area contributed by atoms with Crippen molar-refractivity contribution in [2.45, 2.75) is 103 Å². The van der Waals surface area contributed by atoms with Crippen LogP contribution in [-0.2, 0) is 15.9 Å². The summed E-state index contributed by atoms with van der Waals surface area (Å²) in [5.74, 6) is -1.51. The summed E-state index contributed by atoms with van der Waals surface area (Å²) in [6, 6.07) is 5.13. The van der Waals surface area contributed by atoms with E-state index in [1.807, 2.05) is 34.8 Å². The van der Waals surface area contributed by atoms with Crippen LogP contribution >= 0.6 is 0 Å². The molecule has 2 saturated heterocycles. The van der Waals surface area contributed by atoms with Crippen LogP contribution in [0.5, 0.6) is 5.75 Å². The van der Waals surface area contributed by atoms with Crippen molar-refractivity contribution in [2.75, 3.05) is 26.2 Å². The number of amides is 1. The Labute approximate surface area is 262 Å². The van der Waals surface area contributed by atoms with E-state index < -0.39 is 41.1 Å². The second-order valence-corrected chi connectivity index (χ2v) is 14.2. The molecule has 45 heavy (non-hydrogen) atoms. The monoisotopic (exact) mass is 628 g/mol. The van der Waals surface area contributed by atoms with Crippen LogP contribution in [-0.4, -0.2) is 75.3 Å². The molecule has 3 aliphatic rings. The predicted molar refractivity (Wildman–Crippen MR) is 164 cm³/mol. The van der Waals surface area contributed by atoms with Gasteiger partial charge in [-0.3, -0.25) is 4.90 Å². The standard InChI is InChI=1S/C34H43F3N4O4/c1-20-13-24-23(10-11-28-25(24)16-38-41(28)29-9-7-8-12-43-29)31(40(20)19-34(5,6)37)30-26(35)14-21(15-27(30)36)44-22-17-39(18-22)32(42)45-33(2,3)4/h10-11,14-16,20,22,29,31H,7-9,12-13,17-19H2,1-6H3/t20-,29?,31+/m1/s1. The molecule has 244 valence electrons. The van der Waals surface area contributed by atoms with Gasteiger partial charge in [0.2, 0.25) is 0 Å². The van der Waals surface area contributed by atoms with E-state index in [9.17, 15) is 4.79 Å². The second-order valence-electron chi connectivity index (χ2n) is 14.2. The van der Waals surface area contributed by atoms with Gasteiger partial charge >= 0.3 is 6.09 Å². The van der Waals surface area contributed by atoms with Gasteiger partial charge < -0.3 is 19.1 Å². The van der Waals surface area contributed by atoms with Crippen molar-refractivity contribution in [3.8, 4) is 5.75 Å². The highest BCUT2D eigenvalue weighted by Crippen LogP contribution is 2.44. The summed E-state index contributed by atoms with van der Waals surface area (Å²) in [6.45, 7) is 11.5. The highest BCUT2D eigenvalue weighted by molar-refractivity contribution is 5.84. The summed E-state index contributed by atoms with van der Waals surface area (Å²) in [6.07, 6.45) is 4.33. The number of hydrogen-bond acceptors (Lipinski definition) is 6. The van der Waals surface area contributed by atoms with Crippen LogP contribution in [0.25, 0.3) is 10.9 Å². The molecule has 0 saturated carbocycles. The Balaban J connectivity index is 1.32. The van der Waals surface area contributed by atoms with Gasteiger partial charge in [-0.2, -0.15) is 5.10 Å². The van der Waals surface area contributed by atoms with Gasteiger partial charge in [0.15, 0.2) is 6.23 Å². The third-order valence-corrected chi connectivity index (χ3v) is 8.74. The number of benzene rings is 2. The van der Waals surface area contributed by atoms with Crippen molar-refractivity contribution in [1.82, 2.24) is 19.6 Å². The molecular weight excluding hydrogens is 585 g/mol. The van der Waals surface area contributed by atoms with Crippen molar-refractivity contribution >= 4 is 17.0 Å². The Hall–Kier alpha value is -3.31. The van der Waals surface area contributed by atoms with Crippen molar-refractivity contribution in [2.24, 2.45) is 0 Å². The lowest BCUT2D eigenvalue weighted by Gasteiger charge is -2.44. The largest absolute Gasteiger partial charge is 0.487 e. The van der Waals surface area contributed by atoms with Crippen molar-refractivity contribution in [3.05, 3.63) is 58.8 Å². The molecule has 0 spiro atoms. The molecule has 11 heteroatoms. The average molecular weight is 629 g/mol. The van der Waals surface area contributed by atoms with Gasteiger partial charge in [0.1, 0.15) is 34.8 Å². The van der Waals surface area contributed by atoms with E-state index in [4.69, 9.17) is 14.2 Å². The highest BCUT2D eigenvalue weighted by Gasteiger charge is 2.41. The van der Waals surface area contributed by atoms with Crippen molar-refractivity contribution in [1.29, 1.82) is 0 Å². The third-order valence-electron chi connectivity index (χ3n) is 8.74. The Morgan fingerprint density at radius 3 is 2.42 bits per heavy atom. The predicted octanol–water partition coefficient (Wildman–Crippen LogP) is 7.10. The average Bonchev–Trinajstić information content (AvgIpc) is 3.35. The smallest absolute Gasteiger partial charge is 0.410 e. The molecule has 0 N–H and O–H groups in total. The van der Waals surface area contributed by atoms with Gasteiger partial charge in [-0.25, -0.2) is 22.6 Å². The zero-order valence-corrected chi connectivity index (χ0v) is 26.9.